The Balaban J connectivity index is 1.33. The van der Waals surface area contributed by atoms with E-state index in [0.29, 0.717) is 41.6 Å². The minimum Gasteiger partial charge on any atom is -0.455 e. The lowest BCUT2D eigenvalue weighted by Crippen LogP contribution is -2.43. The Morgan fingerprint density at radius 1 is 1.15 bits per heavy atom. The monoisotopic (exact) mass is 462 g/mol. The minimum absolute atomic E-state index is 0.186. The van der Waals surface area contributed by atoms with Crippen LogP contribution >= 0.6 is 0 Å². The lowest BCUT2D eigenvalue weighted by Gasteiger charge is -2.25. The molecule has 0 bridgehead atoms. The first-order chi connectivity index (χ1) is 15.9. The van der Waals surface area contributed by atoms with Crippen molar-refractivity contribution in [2.24, 2.45) is 4.40 Å². The molecule has 33 heavy (non-hydrogen) atoms. The number of nitrogens with one attached hydrogen (secondary N) is 1. The topological polar surface area (TPSA) is 101 Å². The Morgan fingerprint density at radius 3 is 2.79 bits per heavy atom. The number of aryl methyl sites for hydroxylation is 1. The van der Waals surface area contributed by atoms with Crippen LogP contribution in [0.5, 0.6) is 11.5 Å². The van der Waals surface area contributed by atoms with E-state index in [9.17, 15) is 13.2 Å². The van der Waals surface area contributed by atoms with Crippen LogP contribution in [0.1, 0.15) is 24.0 Å². The van der Waals surface area contributed by atoms with Gasteiger partial charge in [0.1, 0.15) is 22.4 Å². The lowest BCUT2D eigenvalue weighted by atomic mass is 10.1. The molecule has 9 heteroatoms. The third-order valence-electron chi connectivity index (χ3n) is 5.74. The summed E-state index contributed by atoms with van der Waals surface area (Å²) in [6.07, 6.45) is 4.70. The molecule has 0 saturated carbocycles. The van der Waals surface area contributed by atoms with Gasteiger partial charge in [0.15, 0.2) is 5.84 Å². The molecular formula is C24H22N4O4S. The Labute approximate surface area is 192 Å². The highest BCUT2D eigenvalue weighted by Crippen LogP contribution is 2.32. The molecule has 1 atom stereocenters. The number of amidine groups is 1. The van der Waals surface area contributed by atoms with Gasteiger partial charge in [-0.15, -0.1) is 4.40 Å². The van der Waals surface area contributed by atoms with Crippen LogP contribution in [0.4, 0.5) is 5.69 Å². The average Bonchev–Trinajstić information content (AvgIpc) is 3.39. The number of likely N-dealkylation sites (tertiary alicyclic amines) is 1. The average molecular weight is 463 g/mol. The molecule has 1 fully saturated rings. The van der Waals surface area contributed by atoms with E-state index in [1.54, 1.807) is 59.8 Å². The van der Waals surface area contributed by atoms with Crippen LogP contribution in [0.3, 0.4) is 0 Å². The quantitative estimate of drug-likeness (QED) is 0.634. The van der Waals surface area contributed by atoms with E-state index in [4.69, 9.17) is 4.74 Å². The van der Waals surface area contributed by atoms with Crippen LogP contribution in [-0.4, -0.2) is 42.6 Å². The highest BCUT2D eigenvalue weighted by molar-refractivity contribution is 7.90. The van der Waals surface area contributed by atoms with Crippen LogP contribution < -0.4 is 10.1 Å². The molecular weight excluding hydrogens is 440 g/mol. The van der Waals surface area contributed by atoms with Crippen molar-refractivity contribution < 1.29 is 17.9 Å². The van der Waals surface area contributed by atoms with Crippen LogP contribution in [0.15, 0.2) is 76.3 Å². The van der Waals surface area contributed by atoms with Gasteiger partial charge in [-0.25, -0.2) is 0 Å². The van der Waals surface area contributed by atoms with Crippen molar-refractivity contribution in [2.75, 3.05) is 11.9 Å². The second-order valence-corrected chi connectivity index (χ2v) is 9.57. The van der Waals surface area contributed by atoms with Gasteiger partial charge in [-0.2, -0.15) is 8.42 Å². The number of carbonyl (C=O) groups is 1. The van der Waals surface area contributed by atoms with Crippen molar-refractivity contribution in [3.8, 4) is 11.5 Å². The standard InChI is InChI=1S/C24H22N4O4S/c1-16-14-17(10-11-21(16)32-18-6-4-12-25-15-18)26-24(29)20-8-5-13-28(20)23-19-7-2-3-9-22(19)33(30,31)27-23/h2-4,6-7,9-12,14-15,20H,5,8,13H2,1H3,(H,26,29)/t20-/m0/s1. The summed E-state index contributed by atoms with van der Waals surface area (Å²) in [5, 5.41) is 2.96. The predicted molar refractivity (Wildman–Crippen MR) is 124 cm³/mol. The van der Waals surface area contributed by atoms with Gasteiger partial charge < -0.3 is 15.0 Å². The second-order valence-electron chi connectivity index (χ2n) is 8.00. The number of hydrogen-bond acceptors (Lipinski definition) is 6. The van der Waals surface area contributed by atoms with Crippen LogP contribution in [0, 0.1) is 6.92 Å². The van der Waals surface area contributed by atoms with Gasteiger partial charge in [-0.05, 0) is 67.8 Å². The molecule has 1 amide bonds. The summed E-state index contributed by atoms with van der Waals surface area (Å²) in [5.41, 5.74) is 2.05. The summed E-state index contributed by atoms with van der Waals surface area (Å²) in [5.74, 6) is 1.45. The van der Waals surface area contributed by atoms with E-state index in [1.165, 1.54) is 0 Å². The van der Waals surface area contributed by atoms with Crippen molar-refractivity contribution in [2.45, 2.75) is 30.7 Å². The number of ether oxygens (including phenoxy) is 1. The number of aromatic nitrogens is 1. The Kier molecular flexibility index (Phi) is 5.33. The van der Waals surface area contributed by atoms with Crippen LogP contribution in [-0.2, 0) is 14.8 Å². The third kappa shape index (κ3) is 4.07. The number of fused-ring (bicyclic) bond motifs is 1. The number of amides is 1. The van der Waals surface area contributed by atoms with Gasteiger partial charge >= 0.3 is 0 Å². The van der Waals surface area contributed by atoms with Crippen LogP contribution in [0.2, 0.25) is 0 Å². The summed E-state index contributed by atoms with van der Waals surface area (Å²) in [7, 11) is -3.74. The molecule has 0 radical (unpaired) electrons. The number of carbonyl (C=O) groups excluding carboxylic acids is 1. The summed E-state index contributed by atoms with van der Waals surface area (Å²) < 4.78 is 34.8. The smallest absolute Gasteiger partial charge is 0.285 e. The van der Waals surface area contributed by atoms with Gasteiger partial charge in [-0.1, -0.05) is 12.1 Å². The number of benzene rings is 2. The van der Waals surface area contributed by atoms with E-state index < -0.39 is 16.1 Å². The molecule has 1 N–H and O–H groups in total. The molecule has 168 valence electrons. The molecule has 0 aliphatic carbocycles. The van der Waals surface area contributed by atoms with Crippen molar-refractivity contribution in [1.82, 2.24) is 9.88 Å². The summed E-state index contributed by atoms with van der Waals surface area (Å²) >= 11 is 0. The van der Waals surface area contributed by atoms with Crippen LogP contribution in [0.25, 0.3) is 0 Å². The molecule has 2 aliphatic heterocycles. The number of rotatable bonds is 4. The van der Waals surface area contributed by atoms with Crippen molar-refractivity contribution in [3.63, 3.8) is 0 Å². The zero-order valence-corrected chi connectivity index (χ0v) is 18.7. The summed E-state index contributed by atoms with van der Waals surface area (Å²) in [6, 6.07) is 15.3. The molecule has 1 aromatic heterocycles. The van der Waals surface area contributed by atoms with Crippen molar-refractivity contribution in [3.05, 3.63) is 78.1 Å². The molecule has 5 rings (SSSR count). The van der Waals surface area contributed by atoms with Gasteiger partial charge in [0.2, 0.25) is 5.91 Å². The zero-order valence-electron chi connectivity index (χ0n) is 17.9. The maximum atomic E-state index is 13.1. The normalized spacial score (nSPS) is 18.5. The molecule has 1 saturated heterocycles. The molecule has 3 aromatic rings. The molecule has 3 heterocycles. The number of anilines is 1. The van der Waals surface area contributed by atoms with Gasteiger partial charge in [0.05, 0.1) is 6.20 Å². The fourth-order valence-corrected chi connectivity index (χ4v) is 5.41. The van der Waals surface area contributed by atoms with E-state index in [-0.39, 0.29) is 10.8 Å². The SMILES string of the molecule is Cc1cc(NC(=O)[C@@H]2CCCN2C2=NS(=O)(=O)c3ccccc32)ccc1Oc1cccnc1. The minimum atomic E-state index is -3.74. The Bertz CT molecular complexity index is 1360. The fourth-order valence-electron chi connectivity index (χ4n) is 4.19. The van der Waals surface area contributed by atoms with Gasteiger partial charge in [-0.3, -0.25) is 9.78 Å². The van der Waals surface area contributed by atoms with E-state index in [1.807, 2.05) is 19.1 Å². The molecule has 0 unspecified atom stereocenters. The molecule has 0 spiro atoms. The van der Waals surface area contributed by atoms with Crippen molar-refractivity contribution in [1.29, 1.82) is 0 Å². The van der Waals surface area contributed by atoms with E-state index in [0.717, 1.165) is 12.0 Å². The number of nitrogens with zero attached hydrogens (tertiary/aromatic N) is 3. The predicted octanol–water partition coefficient (Wildman–Crippen LogP) is 3.73. The number of hydrogen-bond donors (Lipinski definition) is 1. The largest absolute Gasteiger partial charge is 0.455 e. The first-order valence-corrected chi connectivity index (χ1v) is 12.1. The van der Waals surface area contributed by atoms with E-state index in [2.05, 4.69) is 14.7 Å². The summed E-state index contributed by atoms with van der Waals surface area (Å²) in [6.45, 7) is 2.47. The Hall–Kier alpha value is -3.72. The van der Waals surface area contributed by atoms with Gasteiger partial charge in [0.25, 0.3) is 10.0 Å². The van der Waals surface area contributed by atoms with E-state index >= 15 is 0 Å². The molecule has 2 aromatic carbocycles. The maximum absolute atomic E-state index is 13.1. The van der Waals surface area contributed by atoms with Crippen molar-refractivity contribution >= 4 is 27.5 Å². The molecule has 2 aliphatic rings. The highest BCUT2D eigenvalue weighted by Gasteiger charge is 2.39. The lowest BCUT2D eigenvalue weighted by molar-refractivity contribution is -0.119. The second kappa shape index (κ2) is 8.32. The number of pyridine rings is 1. The zero-order chi connectivity index (χ0) is 23.0. The Morgan fingerprint density at radius 2 is 2.00 bits per heavy atom. The third-order valence-corrected chi connectivity index (χ3v) is 7.07. The first-order valence-electron chi connectivity index (χ1n) is 10.6. The molecule has 8 nitrogen and oxygen atoms in total. The fraction of sp³-hybridized carbons (Fsp3) is 0.208. The van der Waals surface area contributed by atoms with Gasteiger partial charge in [0, 0.05) is 24.0 Å². The first kappa shape index (κ1) is 21.1. The number of sulfonamides is 1. The maximum Gasteiger partial charge on any atom is 0.285 e. The highest BCUT2D eigenvalue weighted by atomic mass is 32.2. The summed E-state index contributed by atoms with van der Waals surface area (Å²) in [4.78, 5) is 19.2.